The Balaban J connectivity index is 2.80. The summed E-state index contributed by atoms with van der Waals surface area (Å²) in [6.07, 6.45) is 0.309. The molecule has 0 aliphatic carbocycles. The van der Waals surface area contributed by atoms with Crippen LogP contribution in [0.15, 0.2) is 6.20 Å². The van der Waals surface area contributed by atoms with Crippen LogP contribution in [0.25, 0.3) is 0 Å². The summed E-state index contributed by atoms with van der Waals surface area (Å²) < 4.78 is 3.47. The minimum absolute atomic E-state index is 0.484. The van der Waals surface area contributed by atoms with Gasteiger partial charge in [-0.25, -0.2) is 0 Å². The Kier molecular flexibility index (Phi) is 1.72. The van der Waals surface area contributed by atoms with Gasteiger partial charge in [-0.15, -0.1) is 5.10 Å². The lowest BCUT2D eigenvalue weighted by Crippen LogP contribution is -1.87. The molecule has 9 heavy (non-hydrogen) atoms. The van der Waals surface area contributed by atoms with Gasteiger partial charge in [0.25, 0.3) is 0 Å². The molecule has 0 aromatic carbocycles. The lowest BCUT2D eigenvalue weighted by atomic mass is 10.4. The molecule has 0 spiro atoms. The van der Waals surface area contributed by atoms with E-state index in [0.717, 1.165) is 11.5 Å². The van der Waals surface area contributed by atoms with Gasteiger partial charge in [0.05, 0.1) is 17.1 Å². The van der Waals surface area contributed by atoms with E-state index in [9.17, 15) is 0 Å². The number of nitrogens with zero attached hydrogens (tertiary/aromatic N) is 3. The first-order valence-electron chi connectivity index (χ1n) is 2.19. The molecule has 5 heteroatoms. The van der Waals surface area contributed by atoms with Crippen LogP contribution in [-0.4, -0.2) is 14.7 Å². The van der Waals surface area contributed by atoms with Crippen molar-refractivity contribution in [3.05, 3.63) is 11.1 Å². The number of aliphatic hydroxyl groups excluding tert-OH is 1. The van der Waals surface area contributed by atoms with Gasteiger partial charge in [0.2, 0.25) is 0 Å². The number of aromatic nitrogens is 2. The van der Waals surface area contributed by atoms with E-state index in [1.165, 1.54) is 6.20 Å². The quantitative estimate of drug-likeness (QED) is 0.563. The van der Waals surface area contributed by atoms with Crippen LogP contribution >= 0.6 is 11.5 Å². The first-order valence-corrected chi connectivity index (χ1v) is 2.97. The first kappa shape index (κ1) is 6.13. The zero-order valence-electron chi connectivity index (χ0n) is 4.35. The Morgan fingerprint density at radius 1 is 1.89 bits per heavy atom. The van der Waals surface area contributed by atoms with Gasteiger partial charge in [0, 0.05) is 0 Å². The predicted octanol–water partition coefficient (Wildman–Crippen LogP) is 0.0951. The van der Waals surface area contributed by atoms with Crippen molar-refractivity contribution < 1.29 is 5.11 Å². The van der Waals surface area contributed by atoms with E-state index in [0.29, 0.717) is 4.88 Å². The van der Waals surface area contributed by atoms with Gasteiger partial charge in [-0.05, 0) is 11.5 Å². The minimum Gasteiger partial charge on any atom is -0.373 e. The van der Waals surface area contributed by atoms with E-state index in [-0.39, 0.29) is 0 Å². The highest BCUT2D eigenvalue weighted by Gasteiger charge is 2.06. The van der Waals surface area contributed by atoms with Crippen LogP contribution < -0.4 is 0 Å². The SMILES string of the molecule is N#C[C@H](O)c1cnns1. The summed E-state index contributed by atoms with van der Waals surface area (Å²) in [5.74, 6) is 0. The second kappa shape index (κ2) is 2.53. The summed E-state index contributed by atoms with van der Waals surface area (Å²) in [6.45, 7) is 0. The molecule has 1 heterocycles. The average Bonchev–Trinajstić information content (AvgIpc) is 2.37. The molecule has 0 unspecified atom stereocenters. The molecule has 0 aliphatic rings. The van der Waals surface area contributed by atoms with Crippen molar-refractivity contribution in [2.75, 3.05) is 0 Å². The molecule has 0 radical (unpaired) electrons. The van der Waals surface area contributed by atoms with Crippen molar-refractivity contribution in [3.8, 4) is 6.07 Å². The molecule has 0 aliphatic heterocycles. The van der Waals surface area contributed by atoms with Crippen molar-refractivity contribution in [1.29, 1.82) is 5.26 Å². The molecule has 4 nitrogen and oxygen atoms in total. The van der Waals surface area contributed by atoms with Gasteiger partial charge in [0.15, 0.2) is 6.10 Å². The van der Waals surface area contributed by atoms with Gasteiger partial charge < -0.3 is 5.11 Å². The Labute approximate surface area is 55.5 Å². The number of hydrogen-bond acceptors (Lipinski definition) is 5. The molecule has 0 saturated carbocycles. The van der Waals surface area contributed by atoms with Crippen molar-refractivity contribution in [2.24, 2.45) is 0 Å². The normalized spacial score (nSPS) is 12.4. The summed E-state index contributed by atoms with van der Waals surface area (Å²) in [4.78, 5) is 0.484. The predicted molar refractivity (Wildman–Crippen MR) is 30.5 cm³/mol. The molecule has 1 N–H and O–H groups in total. The first-order chi connectivity index (χ1) is 4.34. The number of rotatable bonds is 1. The number of aliphatic hydroxyl groups is 1. The van der Waals surface area contributed by atoms with Crippen LogP contribution in [0.5, 0.6) is 0 Å². The van der Waals surface area contributed by atoms with E-state index in [1.807, 2.05) is 0 Å². The maximum atomic E-state index is 8.79. The van der Waals surface area contributed by atoms with Crippen LogP contribution in [-0.2, 0) is 0 Å². The van der Waals surface area contributed by atoms with Crippen molar-refractivity contribution in [3.63, 3.8) is 0 Å². The fraction of sp³-hybridized carbons (Fsp3) is 0.250. The van der Waals surface area contributed by atoms with Crippen molar-refractivity contribution >= 4 is 11.5 Å². The zero-order valence-corrected chi connectivity index (χ0v) is 5.17. The Bertz CT molecular complexity index is 214. The topological polar surface area (TPSA) is 69.8 Å². The molecule has 46 valence electrons. The maximum absolute atomic E-state index is 8.79. The maximum Gasteiger partial charge on any atom is 0.178 e. The van der Waals surface area contributed by atoms with E-state index in [1.54, 1.807) is 6.07 Å². The van der Waals surface area contributed by atoms with Crippen LogP contribution in [0.4, 0.5) is 0 Å². The molecular formula is C4H3N3OS. The summed E-state index contributed by atoms with van der Waals surface area (Å²) >= 11 is 1.02. The lowest BCUT2D eigenvalue weighted by molar-refractivity contribution is 0.239. The summed E-state index contributed by atoms with van der Waals surface area (Å²) in [7, 11) is 0. The number of hydrogen-bond donors (Lipinski definition) is 1. The van der Waals surface area contributed by atoms with Crippen LogP contribution in [0, 0.1) is 11.3 Å². The van der Waals surface area contributed by atoms with Gasteiger partial charge in [-0.2, -0.15) is 5.26 Å². The highest BCUT2D eigenvalue weighted by Crippen LogP contribution is 2.12. The zero-order chi connectivity index (χ0) is 6.69. The molecule has 1 aromatic heterocycles. The summed E-state index contributed by atoms with van der Waals surface area (Å²) in [5, 5.41) is 20.4. The van der Waals surface area contributed by atoms with E-state index in [2.05, 4.69) is 9.59 Å². The van der Waals surface area contributed by atoms with E-state index < -0.39 is 6.10 Å². The van der Waals surface area contributed by atoms with Gasteiger partial charge in [0.1, 0.15) is 0 Å². The minimum atomic E-state index is -1.06. The van der Waals surface area contributed by atoms with Crippen LogP contribution in [0.3, 0.4) is 0 Å². The highest BCUT2D eigenvalue weighted by atomic mass is 32.1. The average molecular weight is 141 g/mol. The van der Waals surface area contributed by atoms with Gasteiger partial charge in [-0.1, -0.05) is 4.49 Å². The standard InChI is InChI=1S/C4H3N3OS/c5-1-3(8)4-2-6-7-9-4/h2-3,8H/t3-/m0/s1. The third-order valence-electron chi connectivity index (χ3n) is 0.770. The second-order valence-corrected chi connectivity index (χ2v) is 2.17. The third kappa shape index (κ3) is 1.22. The van der Waals surface area contributed by atoms with Gasteiger partial charge in [-0.3, -0.25) is 0 Å². The third-order valence-corrected chi connectivity index (χ3v) is 1.49. The molecule has 0 fully saturated rings. The Morgan fingerprint density at radius 2 is 2.67 bits per heavy atom. The van der Waals surface area contributed by atoms with Crippen molar-refractivity contribution in [1.82, 2.24) is 9.59 Å². The second-order valence-electron chi connectivity index (χ2n) is 1.35. The lowest BCUT2D eigenvalue weighted by Gasteiger charge is -1.89. The molecular weight excluding hydrogens is 138 g/mol. The summed E-state index contributed by atoms with van der Waals surface area (Å²) in [6, 6.07) is 1.65. The Morgan fingerprint density at radius 3 is 3.11 bits per heavy atom. The Hall–Kier alpha value is -0.990. The largest absolute Gasteiger partial charge is 0.373 e. The molecule has 1 aromatic rings. The molecule has 0 amide bonds. The highest BCUT2D eigenvalue weighted by molar-refractivity contribution is 7.05. The van der Waals surface area contributed by atoms with Crippen LogP contribution in [0.2, 0.25) is 0 Å². The molecule has 1 atom stereocenters. The monoisotopic (exact) mass is 141 g/mol. The van der Waals surface area contributed by atoms with Crippen LogP contribution in [0.1, 0.15) is 11.0 Å². The van der Waals surface area contributed by atoms with Crippen molar-refractivity contribution in [2.45, 2.75) is 6.10 Å². The van der Waals surface area contributed by atoms with E-state index in [4.69, 9.17) is 10.4 Å². The van der Waals surface area contributed by atoms with Gasteiger partial charge >= 0.3 is 0 Å². The fourth-order valence-electron chi connectivity index (χ4n) is 0.359. The molecule has 1 rings (SSSR count). The summed E-state index contributed by atoms with van der Waals surface area (Å²) in [5.41, 5.74) is 0. The fourth-order valence-corrected chi connectivity index (χ4v) is 0.794. The number of nitriles is 1. The smallest absolute Gasteiger partial charge is 0.178 e. The molecule has 0 bridgehead atoms. The van der Waals surface area contributed by atoms with E-state index >= 15 is 0 Å². The molecule has 0 saturated heterocycles.